The number of hydrogen-bond acceptors (Lipinski definition) is 25. The molecule has 0 fully saturated rings. The van der Waals surface area contributed by atoms with Crippen LogP contribution in [0.1, 0.15) is 6.92 Å². The minimum Gasteiger partial charge on any atom is -0.418 e. The highest BCUT2D eigenvalue weighted by molar-refractivity contribution is 6.84. The molecule has 1 atom stereocenters. The monoisotopic (exact) mass is 1070 g/mol. The minimum atomic E-state index is -3.70. The van der Waals surface area contributed by atoms with E-state index in [0.717, 1.165) is 0 Å². The lowest BCUT2D eigenvalue weighted by molar-refractivity contribution is 0.0123. The van der Waals surface area contributed by atoms with Crippen LogP contribution in [0.5, 0.6) is 0 Å². The number of rotatable bonds is 30. The normalized spacial score (nSPS) is 14.0. The van der Waals surface area contributed by atoms with Crippen LogP contribution in [0, 0.1) is 0 Å². The second-order valence-electron chi connectivity index (χ2n) is 12.7. The second-order valence-corrected chi connectivity index (χ2v) is 41.2. The van der Waals surface area contributed by atoms with Gasteiger partial charge in [-0.25, -0.2) is 0 Å². The summed E-state index contributed by atoms with van der Waals surface area (Å²) in [5.74, 6) is 0. The predicted molar refractivity (Wildman–Crippen MR) is 241 cm³/mol. The van der Waals surface area contributed by atoms with Crippen molar-refractivity contribution in [2.75, 3.05) is 119 Å². The third kappa shape index (κ3) is 28.2. The first-order chi connectivity index (χ1) is 28.0. The Kier molecular flexibility index (Phi) is 37.0. The highest BCUT2D eigenvalue weighted by Gasteiger charge is 2.61. The SMILES string of the molecule is CCO[SiH](C)O[Si](O)(OC)OC.CO[Si](C)(C)CO.CO[Si](C)(OC)O[Si](O)(OC)OC.CO[Si](C)(OC)O[Si](OC)(OC)O[Si](C)(C)O[Si](OC)(OC)O[Si](C)(OC)OC. The quantitative estimate of drug-likeness (QED) is 0.0827. The van der Waals surface area contributed by atoms with Crippen molar-refractivity contribution < 1.29 is 110 Å². The lowest BCUT2D eigenvalue weighted by atomic mass is 10.9. The van der Waals surface area contributed by atoms with E-state index < -0.39 is 88.8 Å². The van der Waals surface area contributed by atoms with Crippen molar-refractivity contribution in [3.8, 4) is 0 Å². The van der Waals surface area contributed by atoms with Gasteiger partial charge in [-0.2, -0.15) is 0 Å². The summed E-state index contributed by atoms with van der Waals surface area (Å²) in [5, 5.41) is 8.53. The third-order valence-corrected chi connectivity index (χ3v) is 34.7. The van der Waals surface area contributed by atoms with Gasteiger partial charge < -0.3 is 110 Å². The molecule has 0 rings (SSSR count). The maximum absolute atomic E-state index is 9.57. The Balaban J connectivity index is -0.000000416. The zero-order valence-electron chi connectivity index (χ0n) is 40.8. The summed E-state index contributed by atoms with van der Waals surface area (Å²) < 4.78 is 117. The van der Waals surface area contributed by atoms with Gasteiger partial charge >= 0.3 is 80.4 Å². The number of aliphatic hydroxyl groups excluding tert-OH is 1. The van der Waals surface area contributed by atoms with Crippen LogP contribution >= 0.6 is 0 Å². The molecule has 0 aliphatic carbocycles. The Bertz CT molecular complexity index is 1010. The molecule has 35 heteroatoms. The summed E-state index contributed by atoms with van der Waals surface area (Å²) in [6.45, 7) is 16.7. The highest BCUT2D eigenvalue weighted by Crippen LogP contribution is 2.28. The first-order valence-corrected chi connectivity index (χ1v) is 39.4. The van der Waals surface area contributed by atoms with E-state index >= 15 is 0 Å². The van der Waals surface area contributed by atoms with Gasteiger partial charge in [0, 0.05) is 133 Å². The fourth-order valence-electron chi connectivity index (χ4n) is 3.24. The molecule has 0 saturated carbocycles. The highest BCUT2D eigenvalue weighted by atomic mass is 28.5. The Hall–Kier alpha value is 1.17. The van der Waals surface area contributed by atoms with E-state index in [2.05, 4.69) is 0 Å². The molecule has 1 unspecified atom stereocenters. The molecule has 0 aliphatic rings. The summed E-state index contributed by atoms with van der Waals surface area (Å²) in [7, 11) is -8.41. The van der Waals surface area contributed by atoms with Crippen LogP contribution in [0.4, 0.5) is 0 Å². The van der Waals surface area contributed by atoms with Gasteiger partial charge in [-0.1, -0.05) is 0 Å². The van der Waals surface area contributed by atoms with Gasteiger partial charge in [-0.05, 0) is 39.7 Å². The average Bonchev–Trinajstić information content (AvgIpc) is 3.25. The van der Waals surface area contributed by atoms with Crippen LogP contribution in [-0.2, 0) is 95.5 Å². The van der Waals surface area contributed by atoms with E-state index in [4.69, 9.17) is 101 Å². The summed E-state index contributed by atoms with van der Waals surface area (Å²) in [6.07, 6.45) is 0.212. The summed E-state index contributed by atoms with van der Waals surface area (Å²) in [5.41, 5.74) is 0. The summed E-state index contributed by atoms with van der Waals surface area (Å²) in [6, 6.07) is 0. The molecule has 0 bridgehead atoms. The Morgan fingerprint density at radius 2 is 0.689 bits per heavy atom. The van der Waals surface area contributed by atoms with Gasteiger partial charge in [0.2, 0.25) is 8.32 Å². The largest absolute Gasteiger partial charge is 0.668 e. The fraction of sp³-hybridized carbons (Fsp3) is 1.00. The summed E-state index contributed by atoms with van der Waals surface area (Å²) >= 11 is 0. The van der Waals surface area contributed by atoms with Gasteiger partial charge in [-0.3, -0.25) is 0 Å². The van der Waals surface area contributed by atoms with Crippen LogP contribution in [0.15, 0.2) is 0 Å². The van der Waals surface area contributed by atoms with Crippen molar-refractivity contribution in [2.45, 2.75) is 59.3 Å². The zero-order valence-corrected chi connectivity index (χ0v) is 51.0. The fourth-order valence-corrected chi connectivity index (χ4v) is 25.0. The minimum absolute atomic E-state index is 0.212. The van der Waals surface area contributed by atoms with Crippen LogP contribution < -0.4 is 0 Å². The van der Waals surface area contributed by atoms with Crippen molar-refractivity contribution in [1.82, 2.24) is 0 Å². The molecule has 0 aromatic heterocycles. The second kappa shape index (κ2) is 32.8. The predicted octanol–water partition coefficient (Wildman–Crippen LogP) is 0.500. The topological polar surface area (TPSA) is 264 Å². The van der Waals surface area contributed by atoms with E-state index in [1.807, 2.05) is 20.0 Å². The number of hydrogen-bond donors (Lipinski definition) is 3. The molecular formula is C26H80O25Si10. The first kappa shape index (κ1) is 68.7. The molecule has 0 aromatic rings. The zero-order chi connectivity index (χ0) is 49.0. The van der Waals surface area contributed by atoms with Crippen molar-refractivity contribution >= 4 is 88.8 Å². The van der Waals surface area contributed by atoms with Gasteiger partial charge in [0.05, 0.1) is 6.23 Å². The van der Waals surface area contributed by atoms with Crippen molar-refractivity contribution in [1.29, 1.82) is 0 Å². The first-order valence-electron chi connectivity index (χ1n) is 18.1. The molecule has 0 radical (unpaired) electrons. The molecule has 0 spiro atoms. The molecule has 61 heavy (non-hydrogen) atoms. The van der Waals surface area contributed by atoms with E-state index in [1.54, 1.807) is 46.4 Å². The Morgan fingerprint density at radius 1 is 0.393 bits per heavy atom. The molecule has 0 aromatic carbocycles. The molecule has 374 valence electrons. The van der Waals surface area contributed by atoms with Crippen molar-refractivity contribution in [3.05, 3.63) is 0 Å². The smallest absolute Gasteiger partial charge is 0.418 e. The molecule has 0 aliphatic heterocycles. The van der Waals surface area contributed by atoms with E-state index in [-0.39, 0.29) is 6.23 Å². The molecule has 0 amide bonds. The number of aliphatic hydroxyl groups is 1. The summed E-state index contributed by atoms with van der Waals surface area (Å²) in [4.78, 5) is 19.0. The third-order valence-electron chi connectivity index (χ3n) is 7.58. The standard InChI is InChI=1S/C12H36O12Si5.C5H16O6Si2.C5H16O5Si2.C4H12O2Si/c1-13-26(11,14-2)23-28(17-5,18-6)21-25(9,10)22-29(19-7,20-8)24-27(12,15-3)16-4;1-7-12(5,8-2)11-13(6,9-3)10-4;1-5-9-11(4)10-12(6,7-2)8-3;1-6-7(2,3)4-5/h1-12H3;6H,1-5H3;6,11H,5H2,1-4H3;5H,4H2,1-3H3. The van der Waals surface area contributed by atoms with Crippen LogP contribution in [0.2, 0.25) is 52.4 Å². The Labute approximate surface area is 376 Å². The van der Waals surface area contributed by atoms with Gasteiger partial charge in [0.25, 0.3) is 0 Å². The maximum Gasteiger partial charge on any atom is 0.668 e. The molecule has 3 N–H and O–H groups in total. The van der Waals surface area contributed by atoms with Gasteiger partial charge in [-0.15, -0.1) is 0 Å². The molecule has 25 nitrogen and oxygen atoms in total. The van der Waals surface area contributed by atoms with Crippen molar-refractivity contribution in [3.63, 3.8) is 0 Å². The average molecular weight is 1070 g/mol. The van der Waals surface area contributed by atoms with Crippen LogP contribution in [-0.4, -0.2) is 223 Å². The van der Waals surface area contributed by atoms with Gasteiger partial charge in [0.1, 0.15) is 0 Å². The molecular weight excluding hydrogens is 993 g/mol. The maximum atomic E-state index is 9.57. The lowest BCUT2D eigenvalue weighted by Crippen LogP contribution is -2.66. The lowest BCUT2D eigenvalue weighted by Gasteiger charge is -2.40. The molecule has 0 saturated heterocycles. The van der Waals surface area contributed by atoms with E-state index in [1.165, 1.54) is 99.5 Å². The van der Waals surface area contributed by atoms with Crippen molar-refractivity contribution in [2.24, 2.45) is 0 Å². The van der Waals surface area contributed by atoms with Crippen LogP contribution in [0.3, 0.4) is 0 Å². The molecule has 0 heterocycles. The van der Waals surface area contributed by atoms with Gasteiger partial charge in [0.15, 0.2) is 0 Å². The van der Waals surface area contributed by atoms with E-state index in [0.29, 0.717) is 6.61 Å². The Morgan fingerprint density at radius 3 is 0.885 bits per heavy atom. The van der Waals surface area contributed by atoms with Crippen LogP contribution in [0.25, 0.3) is 0 Å². The van der Waals surface area contributed by atoms with E-state index in [9.17, 15) is 9.59 Å².